The van der Waals surface area contributed by atoms with E-state index < -0.39 is 11.7 Å². The minimum atomic E-state index is -0.551. The Kier molecular flexibility index (Phi) is 5.18. The number of nitrogens with zero attached hydrogens (tertiary/aromatic N) is 1. The molecule has 1 aromatic carbocycles. The number of pyridine rings is 1. The first-order valence-electron chi connectivity index (χ1n) is 7.57. The van der Waals surface area contributed by atoms with Crippen molar-refractivity contribution >= 4 is 29.1 Å². The highest BCUT2D eigenvalue weighted by molar-refractivity contribution is 5.94. The maximum atomic E-state index is 11.7. The van der Waals surface area contributed by atoms with Crippen LogP contribution in [0.5, 0.6) is 0 Å². The van der Waals surface area contributed by atoms with E-state index >= 15 is 0 Å². The molecule has 2 rings (SSSR count). The van der Waals surface area contributed by atoms with Crippen LogP contribution in [0.4, 0.5) is 22.0 Å². The molecule has 0 saturated carbocycles. The molecule has 6 heteroatoms. The van der Waals surface area contributed by atoms with Gasteiger partial charge in [0.25, 0.3) is 0 Å². The summed E-state index contributed by atoms with van der Waals surface area (Å²) in [7, 11) is 0. The molecule has 1 heterocycles. The van der Waals surface area contributed by atoms with Gasteiger partial charge < -0.3 is 10.1 Å². The van der Waals surface area contributed by atoms with Crippen molar-refractivity contribution in [3.8, 4) is 0 Å². The quantitative estimate of drug-likeness (QED) is 0.815. The standard InChI is InChI=1S/C18H21N3O3/c1-12(22)13-5-7-14(8-6-13)20-16-10-9-15(11-19-16)21-17(23)24-18(2,3)4/h5-11H,1-4H3,(H,19,20)(H,21,23). The Morgan fingerprint density at radius 3 is 2.12 bits per heavy atom. The maximum absolute atomic E-state index is 11.7. The number of carbonyl (C=O) groups excluding carboxylic acids is 2. The first-order valence-corrected chi connectivity index (χ1v) is 7.57. The molecule has 126 valence electrons. The Bertz CT molecular complexity index is 717. The SMILES string of the molecule is CC(=O)c1ccc(Nc2ccc(NC(=O)OC(C)(C)C)cn2)cc1. The molecule has 0 atom stereocenters. The number of hydrogen-bond acceptors (Lipinski definition) is 5. The molecule has 0 aliphatic rings. The van der Waals surface area contributed by atoms with Gasteiger partial charge in [-0.3, -0.25) is 10.1 Å². The van der Waals surface area contributed by atoms with Gasteiger partial charge in [0.05, 0.1) is 11.9 Å². The highest BCUT2D eigenvalue weighted by Crippen LogP contribution is 2.17. The molecule has 0 saturated heterocycles. The number of Topliss-reactive ketones (excluding diaryl/α,β-unsaturated/α-hetero) is 1. The van der Waals surface area contributed by atoms with E-state index in [1.165, 1.54) is 13.1 Å². The van der Waals surface area contributed by atoms with E-state index in [1.54, 1.807) is 45.0 Å². The minimum absolute atomic E-state index is 0.0252. The van der Waals surface area contributed by atoms with Gasteiger partial charge in [-0.05, 0) is 64.1 Å². The molecule has 0 unspecified atom stereocenters. The molecule has 0 radical (unpaired) electrons. The number of rotatable bonds is 4. The van der Waals surface area contributed by atoms with Crippen molar-refractivity contribution in [2.45, 2.75) is 33.3 Å². The zero-order chi connectivity index (χ0) is 17.7. The third-order valence-corrected chi connectivity index (χ3v) is 2.97. The van der Waals surface area contributed by atoms with E-state index in [0.717, 1.165) is 5.69 Å². The molecule has 1 amide bonds. The Morgan fingerprint density at radius 2 is 1.62 bits per heavy atom. The second kappa shape index (κ2) is 7.12. The number of anilines is 3. The summed E-state index contributed by atoms with van der Waals surface area (Å²) in [6, 6.07) is 10.6. The fourth-order valence-electron chi connectivity index (χ4n) is 1.90. The minimum Gasteiger partial charge on any atom is -0.444 e. The summed E-state index contributed by atoms with van der Waals surface area (Å²) in [6.45, 7) is 6.93. The summed E-state index contributed by atoms with van der Waals surface area (Å²) in [5, 5.41) is 5.74. The predicted octanol–water partition coefficient (Wildman–Crippen LogP) is 4.37. The summed E-state index contributed by atoms with van der Waals surface area (Å²) < 4.78 is 5.18. The molecule has 0 aliphatic heterocycles. The maximum Gasteiger partial charge on any atom is 0.412 e. The number of hydrogen-bond donors (Lipinski definition) is 2. The van der Waals surface area contributed by atoms with Crippen molar-refractivity contribution < 1.29 is 14.3 Å². The molecule has 6 nitrogen and oxygen atoms in total. The van der Waals surface area contributed by atoms with Crippen LogP contribution < -0.4 is 10.6 Å². The van der Waals surface area contributed by atoms with Gasteiger partial charge in [0.1, 0.15) is 11.4 Å². The van der Waals surface area contributed by atoms with Crippen LogP contribution in [0.15, 0.2) is 42.6 Å². The van der Waals surface area contributed by atoms with Gasteiger partial charge in [-0.2, -0.15) is 0 Å². The van der Waals surface area contributed by atoms with Crippen molar-refractivity contribution in [2.24, 2.45) is 0 Å². The third kappa shape index (κ3) is 5.39. The number of amides is 1. The van der Waals surface area contributed by atoms with Gasteiger partial charge in [0.15, 0.2) is 5.78 Å². The normalized spacial score (nSPS) is 10.8. The number of ketones is 1. The smallest absolute Gasteiger partial charge is 0.412 e. The summed E-state index contributed by atoms with van der Waals surface area (Å²) in [6.07, 6.45) is 1.01. The Morgan fingerprint density at radius 1 is 1.00 bits per heavy atom. The van der Waals surface area contributed by atoms with Crippen molar-refractivity contribution in [1.82, 2.24) is 4.98 Å². The molecule has 2 aromatic rings. The van der Waals surface area contributed by atoms with E-state index in [4.69, 9.17) is 4.74 Å². The van der Waals surface area contributed by atoms with Crippen LogP contribution in [-0.4, -0.2) is 22.5 Å². The summed E-state index contributed by atoms with van der Waals surface area (Å²) in [5.41, 5.74) is 1.47. The first-order chi connectivity index (χ1) is 11.2. The lowest BCUT2D eigenvalue weighted by atomic mass is 10.1. The highest BCUT2D eigenvalue weighted by atomic mass is 16.6. The summed E-state index contributed by atoms with van der Waals surface area (Å²) >= 11 is 0. The second-order valence-electron chi connectivity index (χ2n) is 6.32. The lowest BCUT2D eigenvalue weighted by Gasteiger charge is -2.19. The monoisotopic (exact) mass is 327 g/mol. The van der Waals surface area contributed by atoms with E-state index in [2.05, 4.69) is 15.6 Å². The van der Waals surface area contributed by atoms with Gasteiger partial charge in [-0.15, -0.1) is 0 Å². The molecule has 0 spiro atoms. The lowest BCUT2D eigenvalue weighted by Crippen LogP contribution is -2.27. The average molecular weight is 327 g/mol. The van der Waals surface area contributed by atoms with Crippen LogP contribution in [0.2, 0.25) is 0 Å². The average Bonchev–Trinajstić information content (AvgIpc) is 2.48. The zero-order valence-corrected chi connectivity index (χ0v) is 14.2. The summed E-state index contributed by atoms with van der Waals surface area (Å²) in [5.74, 6) is 0.651. The van der Waals surface area contributed by atoms with E-state index in [9.17, 15) is 9.59 Å². The van der Waals surface area contributed by atoms with Gasteiger partial charge in [0, 0.05) is 11.3 Å². The van der Waals surface area contributed by atoms with Crippen LogP contribution in [0.3, 0.4) is 0 Å². The molecule has 2 N–H and O–H groups in total. The molecule has 0 bridgehead atoms. The Hall–Kier alpha value is -2.89. The third-order valence-electron chi connectivity index (χ3n) is 2.97. The van der Waals surface area contributed by atoms with Gasteiger partial charge in [-0.25, -0.2) is 9.78 Å². The Labute approximate surface area is 141 Å². The zero-order valence-electron chi connectivity index (χ0n) is 14.2. The van der Waals surface area contributed by atoms with Crippen LogP contribution in [0.25, 0.3) is 0 Å². The molecule has 0 aliphatic carbocycles. The van der Waals surface area contributed by atoms with E-state index in [0.29, 0.717) is 17.1 Å². The summed E-state index contributed by atoms with van der Waals surface area (Å²) in [4.78, 5) is 27.2. The van der Waals surface area contributed by atoms with Crippen LogP contribution in [0.1, 0.15) is 38.1 Å². The lowest BCUT2D eigenvalue weighted by molar-refractivity contribution is 0.0635. The first kappa shape index (κ1) is 17.5. The number of ether oxygens (including phenoxy) is 1. The van der Waals surface area contributed by atoms with Crippen molar-refractivity contribution in [2.75, 3.05) is 10.6 Å². The van der Waals surface area contributed by atoms with Crippen LogP contribution in [0, 0.1) is 0 Å². The number of benzene rings is 1. The molecule has 1 aromatic heterocycles. The fourth-order valence-corrected chi connectivity index (χ4v) is 1.90. The topological polar surface area (TPSA) is 80.3 Å². The van der Waals surface area contributed by atoms with Crippen LogP contribution in [-0.2, 0) is 4.74 Å². The fraction of sp³-hybridized carbons (Fsp3) is 0.278. The second-order valence-corrected chi connectivity index (χ2v) is 6.32. The number of nitrogens with one attached hydrogen (secondary N) is 2. The number of carbonyl (C=O) groups is 2. The number of aromatic nitrogens is 1. The van der Waals surface area contributed by atoms with Crippen molar-refractivity contribution in [3.05, 3.63) is 48.2 Å². The van der Waals surface area contributed by atoms with E-state index in [-0.39, 0.29) is 5.78 Å². The molecular weight excluding hydrogens is 306 g/mol. The molecule has 0 fully saturated rings. The van der Waals surface area contributed by atoms with Crippen LogP contribution >= 0.6 is 0 Å². The highest BCUT2D eigenvalue weighted by Gasteiger charge is 2.16. The molecule has 24 heavy (non-hydrogen) atoms. The Balaban J connectivity index is 1.96. The largest absolute Gasteiger partial charge is 0.444 e. The van der Waals surface area contributed by atoms with Gasteiger partial charge >= 0.3 is 6.09 Å². The van der Waals surface area contributed by atoms with Gasteiger partial charge in [0.2, 0.25) is 0 Å². The van der Waals surface area contributed by atoms with Gasteiger partial charge in [-0.1, -0.05) is 0 Å². The molecular formula is C18H21N3O3. The van der Waals surface area contributed by atoms with Crippen molar-refractivity contribution in [3.63, 3.8) is 0 Å². The predicted molar refractivity (Wildman–Crippen MR) is 93.8 cm³/mol. The van der Waals surface area contributed by atoms with Crippen molar-refractivity contribution in [1.29, 1.82) is 0 Å². The van der Waals surface area contributed by atoms with E-state index in [1.807, 2.05) is 12.1 Å².